The summed E-state index contributed by atoms with van der Waals surface area (Å²) >= 11 is 3.36. The number of rotatable bonds is 2. The quantitative estimate of drug-likeness (QED) is 0.865. The van der Waals surface area contributed by atoms with Gasteiger partial charge in [0.15, 0.2) is 0 Å². The fraction of sp³-hybridized carbons (Fsp3) is 0.455. The topological polar surface area (TPSA) is 26.0 Å². The first-order chi connectivity index (χ1) is 6.59. The van der Waals surface area contributed by atoms with E-state index in [1.54, 1.807) is 6.92 Å². The molecule has 0 saturated heterocycles. The van der Waals surface area contributed by atoms with E-state index in [1.165, 1.54) is 18.9 Å². The molecule has 2 rings (SSSR count). The number of hydrogen-bond acceptors (Lipinski definition) is 1. The molecule has 1 unspecified atom stereocenters. The molecule has 1 fully saturated rings. The van der Waals surface area contributed by atoms with Crippen LogP contribution >= 0.6 is 15.9 Å². The highest BCUT2D eigenvalue weighted by atomic mass is 79.9. The highest BCUT2D eigenvalue weighted by Crippen LogP contribution is 2.41. The number of nitrogens with two attached hydrogens (primary N) is 1. The Morgan fingerprint density at radius 3 is 2.71 bits per heavy atom. The smallest absolute Gasteiger partial charge is 0.127 e. The third kappa shape index (κ3) is 1.84. The largest absolute Gasteiger partial charge is 0.324 e. The lowest BCUT2D eigenvalue weighted by Crippen LogP contribution is -2.13. The monoisotopic (exact) mass is 257 g/mol. The first kappa shape index (κ1) is 10.1. The van der Waals surface area contributed by atoms with Crippen LogP contribution in [0.1, 0.15) is 30.0 Å². The highest BCUT2D eigenvalue weighted by molar-refractivity contribution is 9.10. The molecule has 76 valence electrons. The highest BCUT2D eigenvalue weighted by Gasteiger charge is 2.30. The maximum Gasteiger partial charge on any atom is 0.127 e. The minimum Gasteiger partial charge on any atom is -0.324 e. The van der Waals surface area contributed by atoms with E-state index in [9.17, 15) is 4.39 Å². The molecule has 3 heteroatoms. The Kier molecular flexibility index (Phi) is 2.62. The van der Waals surface area contributed by atoms with Crippen molar-refractivity contribution in [2.24, 2.45) is 11.7 Å². The maximum absolute atomic E-state index is 13.2. The summed E-state index contributed by atoms with van der Waals surface area (Å²) in [4.78, 5) is 0. The van der Waals surface area contributed by atoms with Gasteiger partial charge in [-0.2, -0.15) is 0 Å². The average molecular weight is 258 g/mol. The SMILES string of the molecule is Cc1cc(C(N)C2CC2)c(Br)cc1F. The second kappa shape index (κ2) is 3.63. The lowest BCUT2D eigenvalue weighted by Gasteiger charge is -2.14. The fourth-order valence-electron chi connectivity index (χ4n) is 1.64. The van der Waals surface area contributed by atoms with Gasteiger partial charge in [-0.1, -0.05) is 22.0 Å². The van der Waals surface area contributed by atoms with Crippen LogP contribution in [0.15, 0.2) is 16.6 Å². The van der Waals surface area contributed by atoms with Crippen molar-refractivity contribution in [2.75, 3.05) is 0 Å². The summed E-state index contributed by atoms with van der Waals surface area (Å²) < 4.78 is 14.0. The molecule has 1 atom stereocenters. The lowest BCUT2D eigenvalue weighted by molar-refractivity contribution is 0.603. The minimum atomic E-state index is -0.177. The van der Waals surface area contributed by atoms with Crippen LogP contribution in [0.3, 0.4) is 0 Å². The van der Waals surface area contributed by atoms with Gasteiger partial charge < -0.3 is 5.73 Å². The summed E-state index contributed by atoms with van der Waals surface area (Å²) in [6, 6.07) is 3.42. The molecule has 2 N–H and O–H groups in total. The van der Waals surface area contributed by atoms with E-state index >= 15 is 0 Å². The third-order valence-electron chi connectivity index (χ3n) is 2.77. The second-order valence-electron chi connectivity index (χ2n) is 3.99. The molecule has 1 nitrogen and oxygen atoms in total. The van der Waals surface area contributed by atoms with Crippen LogP contribution in [-0.4, -0.2) is 0 Å². The molecule has 1 saturated carbocycles. The second-order valence-corrected chi connectivity index (χ2v) is 4.84. The average Bonchev–Trinajstić information content (AvgIpc) is 2.93. The zero-order valence-corrected chi connectivity index (χ0v) is 9.64. The Hall–Kier alpha value is -0.410. The van der Waals surface area contributed by atoms with E-state index in [1.807, 2.05) is 6.07 Å². The Balaban J connectivity index is 2.36. The zero-order chi connectivity index (χ0) is 10.3. The normalized spacial score (nSPS) is 18.3. The van der Waals surface area contributed by atoms with Crippen molar-refractivity contribution in [1.29, 1.82) is 0 Å². The molecule has 1 aromatic carbocycles. The molecule has 0 bridgehead atoms. The summed E-state index contributed by atoms with van der Waals surface area (Å²) in [5.74, 6) is 0.416. The number of benzene rings is 1. The molecule has 1 aromatic rings. The fourth-order valence-corrected chi connectivity index (χ4v) is 2.22. The molecule has 0 amide bonds. The van der Waals surface area contributed by atoms with Crippen molar-refractivity contribution in [1.82, 2.24) is 0 Å². The molecule has 0 aliphatic heterocycles. The third-order valence-corrected chi connectivity index (χ3v) is 3.45. The van der Waals surface area contributed by atoms with Crippen LogP contribution < -0.4 is 5.73 Å². The van der Waals surface area contributed by atoms with Crippen LogP contribution in [0.2, 0.25) is 0 Å². The van der Waals surface area contributed by atoms with E-state index in [0.29, 0.717) is 11.5 Å². The van der Waals surface area contributed by atoms with Crippen molar-refractivity contribution in [3.63, 3.8) is 0 Å². The van der Waals surface area contributed by atoms with Crippen LogP contribution in [0.4, 0.5) is 4.39 Å². The van der Waals surface area contributed by atoms with E-state index in [-0.39, 0.29) is 11.9 Å². The van der Waals surface area contributed by atoms with Crippen molar-refractivity contribution in [2.45, 2.75) is 25.8 Å². The summed E-state index contributed by atoms with van der Waals surface area (Å²) in [7, 11) is 0. The molecule has 1 aliphatic carbocycles. The molecular formula is C11H13BrFN. The van der Waals surface area contributed by atoms with E-state index < -0.39 is 0 Å². The zero-order valence-electron chi connectivity index (χ0n) is 8.06. The van der Waals surface area contributed by atoms with Crippen LogP contribution in [0.25, 0.3) is 0 Å². The predicted octanol–water partition coefficient (Wildman–Crippen LogP) is 3.31. The van der Waals surface area contributed by atoms with Crippen LogP contribution in [-0.2, 0) is 0 Å². The molecule has 0 spiro atoms. The molecule has 1 aliphatic rings. The van der Waals surface area contributed by atoms with Crippen LogP contribution in [0, 0.1) is 18.7 Å². The van der Waals surface area contributed by atoms with Gasteiger partial charge in [-0.05, 0) is 42.9 Å². The Labute approximate surface area is 91.6 Å². The predicted molar refractivity (Wildman–Crippen MR) is 58.5 cm³/mol. The summed E-state index contributed by atoms with van der Waals surface area (Å²) in [5.41, 5.74) is 7.77. The molecular weight excluding hydrogens is 245 g/mol. The van der Waals surface area contributed by atoms with Gasteiger partial charge in [-0.3, -0.25) is 0 Å². The molecule has 0 heterocycles. The maximum atomic E-state index is 13.2. The summed E-state index contributed by atoms with van der Waals surface area (Å²) in [5, 5.41) is 0. The molecule has 0 radical (unpaired) electrons. The van der Waals surface area contributed by atoms with Gasteiger partial charge in [-0.15, -0.1) is 0 Å². The van der Waals surface area contributed by atoms with Gasteiger partial charge in [0.2, 0.25) is 0 Å². The van der Waals surface area contributed by atoms with Gasteiger partial charge in [0.05, 0.1) is 0 Å². The van der Waals surface area contributed by atoms with Crippen molar-refractivity contribution in [3.05, 3.63) is 33.5 Å². The molecule has 0 aromatic heterocycles. The van der Waals surface area contributed by atoms with E-state index in [0.717, 1.165) is 10.0 Å². The van der Waals surface area contributed by atoms with Crippen molar-refractivity contribution in [3.8, 4) is 0 Å². The summed E-state index contributed by atoms with van der Waals surface area (Å²) in [6.07, 6.45) is 2.40. The Morgan fingerprint density at radius 2 is 2.14 bits per heavy atom. The minimum absolute atomic E-state index is 0.0590. The Bertz CT molecular complexity index is 361. The van der Waals surface area contributed by atoms with Gasteiger partial charge in [0, 0.05) is 10.5 Å². The van der Waals surface area contributed by atoms with Gasteiger partial charge in [-0.25, -0.2) is 4.39 Å². The van der Waals surface area contributed by atoms with Crippen molar-refractivity contribution >= 4 is 15.9 Å². The Morgan fingerprint density at radius 1 is 1.50 bits per heavy atom. The lowest BCUT2D eigenvalue weighted by atomic mass is 10.0. The standard InChI is InChI=1S/C11H13BrFN/c1-6-4-8(9(12)5-10(6)13)11(14)7-2-3-7/h4-5,7,11H,2-3,14H2,1H3. The van der Waals surface area contributed by atoms with E-state index in [2.05, 4.69) is 15.9 Å². The van der Waals surface area contributed by atoms with E-state index in [4.69, 9.17) is 5.73 Å². The van der Waals surface area contributed by atoms with Gasteiger partial charge in [0.1, 0.15) is 5.82 Å². The van der Waals surface area contributed by atoms with Gasteiger partial charge >= 0.3 is 0 Å². The van der Waals surface area contributed by atoms with Crippen molar-refractivity contribution < 1.29 is 4.39 Å². The van der Waals surface area contributed by atoms with Gasteiger partial charge in [0.25, 0.3) is 0 Å². The molecule has 14 heavy (non-hydrogen) atoms. The number of aryl methyl sites for hydroxylation is 1. The number of hydrogen-bond donors (Lipinski definition) is 1. The first-order valence-electron chi connectivity index (χ1n) is 4.80. The first-order valence-corrected chi connectivity index (χ1v) is 5.60. The number of halogens is 2. The summed E-state index contributed by atoms with van der Waals surface area (Å²) in [6.45, 7) is 1.77. The van der Waals surface area contributed by atoms with Crippen LogP contribution in [0.5, 0.6) is 0 Å².